The van der Waals surface area contributed by atoms with Crippen molar-refractivity contribution in [2.75, 3.05) is 11.1 Å². The monoisotopic (exact) mass is 236 g/mol. The lowest BCUT2D eigenvalue weighted by molar-refractivity contribution is 0.628. The van der Waals surface area contributed by atoms with Gasteiger partial charge in [0.05, 0.1) is 6.04 Å². The Balaban J connectivity index is 2.15. The van der Waals surface area contributed by atoms with Crippen molar-refractivity contribution in [2.24, 2.45) is 0 Å². The topological polar surface area (TPSA) is 38.0 Å². The maximum absolute atomic E-state index is 13.1. The van der Waals surface area contributed by atoms with Gasteiger partial charge in [-0.3, -0.25) is 0 Å². The van der Waals surface area contributed by atoms with E-state index >= 15 is 0 Å². The first kappa shape index (κ1) is 11.0. The average Bonchev–Trinajstić information content (AvgIpc) is 2.68. The summed E-state index contributed by atoms with van der Waals surface area (Å²) in [7, 11) is 0. The van der Waals surface area contributed by atoms with Crippen LogP contribution in [0.1, 0.15) is 17.8 Å². The molecule has 0 amide bonds. The molecule has 1 heterocycles. The molecule has 2 nitrogen and oxygen atoms in total. The van der Waals surface area contributed by atoms with Crippen LogP contribution in [0.4, 0.5) is 15.8 Å². The fraction of sp³-hybridized carbons (Fsp3) is 0.167. The number of rotatable bonds is 3. The minimum atomic E-state index is -0.319. The molecule has 2 aromatic rings. The summed E-state index contributed by atoms with van der Waals surface area (Å²) in [6.07, 6.45) is 0. The third-order valence-corrected chi connectivity index (χ3v) is 3.33. The highest BCUT2D eigenvalue weighted by Crippen LogP contribution is 2.24. The van der Waals surface area contributed by atoms with Crippen LogP contribution in [0, 0.1) is 5.82 Å². The number of thiophene rings is 1. The molecule has 0 saturated heterocycles. The third-order valence-electron chi connectivity index (χ3n) is 2.27. The molecule has 4 heteroatoms. The van der Waals surface area contributed by atoms with E-state index in [0.717, 1.165) is 0 Å². The molecule has 0 saturated carbocycles. The lowest BCUT2D eigenvalue weighted by Crippen LogP contribution is -2.05. The van der Waals surface area contributed by atoms with Crippen LogP contribution < -0.4 is 11.1 Å². The molecule has 1 aromatic heterocycles. The predicted octanol–water partition coefficient (Wildman–Crippen LogP) is 3.64. The number of anilines is 2. The van der Waals surface area contributed by atoms with Crippen LogP contribution in [-0.4, -0.2) is 0 Å². The van der Waals surface area contributed by atoms with Crippen LogP contribution in [0.3, 0.4) is 0 Å². The van der Waals surface area contributed by atoms with Crippen molar-refractivity contribution >= 4 is 22.7 Å². The minimum Gasteiger partial charge on any atom is -0.399 e. The van der Waals surface area contributed by atoms with Gasteiger partial charge in [-0.15, -0.1) is 11.3 Å². The van der Waals surface area contributed by atoms with E-state index in [9.17, 15) is 4.39 Å². The molecule has 16 heavy (non-hydrogen) atoms. The summed E-state index contributed by atoms with van der Waals surface area (Å²) < 4.78 is 13.1. The average molecular weight is 236 g/mol. The molecule has 0 spiro atoms. The van der Waals surface area contributed by atoms with Gasteiger partial charge < -0.3 is 11.1 Å². The van der Waals surface area contributed by atoms with Crippen LogP contribution in [0.25, 0.3) is 0 Å². The number of nitrogen functional groups attached to an aromatic ring is 1. The summed E-state index contributed by atoms with van der Waals surface area (Å²) in [6.45, 7) is 2.03. The summed E-state index contributed by atoms with van der Waals surface area (Å²) in [6, 6.07) is 8.68. The van der Waals surface area contributed by atoms with Gasteiger partial charge >= 0.3 is 0 Å². The number of benzene rings is 1. The van der Waals surface area contributed by atoms with Gasteiger partial charge in [-0.1, -0.05) is 6.07 Å². The molecule has 0 bridgehead atoms. The van der Waals surface area contributed by atoms with Gasteiger partial charge in [0.2, 0.25) is 0 Å². The Hall–Kier alpha value is -1.55. The highest BCUT2D eigenvalue weighted by molar-refractivity contribution is 7.10. The Bertz CT molecular complexity index is 448. The van der Waals surface area contributed by atoms with E-state index in [1.165, 1.54) is 17.0 Å². The molecule has 0 fully saturated rings. The van der Waals surface area contributed by atoms with E-state index in [2.05, 4.69) is 5.32 Å². The lowest BCUT2D eigenvalue weighted by atomic mass is 10.2. The number of nitrogens with two attached hydrogens (primary N) is 1. The molecule has 0 radical (unpaired) electrons. The van der Waals surface area contributed by atoms with Crippen LogP contribution in [0.15, 0.2) is 35.7 Å². The van der Waals surface area contributed by atoms with Crippen molar-refractivity contribution in [3.8, 4) is 0 Å². The predicted molar refractivity (Wildman–Crippen MR) is 67.2 cm³/mol. The Morgan fingerprint density at radius 2 is 2.19 bits per heavy atom. The number of nitrogens with one attached hydrogen (secondary N) is 1. The standard InChI is InChI=1S/C12H13FN2S/c1-8(12-3-2-4-16-12)15-11-6-9(13)5-10(14)7-11/h2-8,15H,14H2,1H3. The largest absolute Gasteiger partial charge is 0.399 e. The van der Waals surface area contributed by atoms with Gasteiger partial charge in [-0.2, -0.15) is 0 Å². The first-order valence-corrected chi connectivity index (χ1v) is 5.89. The summed E-state index contributed by atoms with van der Waals surface area (Å²) >= 11 is 1.67. The zero-order valence-corrected chi connectivity index (χ0v) is 9.72. The van der Waals surface area contributed by atoms with Crippen molar-refractivity contribution in [2.45, 2.75) is 13.0 Å². The fourth-order valence-corrected chi connectivity index (χ4v) is 2.29. The van der Waals surface area contributed by atoms with E-state index in [0.29, 0.717) is 11.4 Å². The summed E-state index contributed by atoms with van der Waals surface area (Å²) in [5.41, 5.74) is 6.71. The van der Waals surface area contributed by atoms with E-state index in [-0.39, 0.29) is 11.9 Å². The SMILES string of the molecule is CC(Nc1cc(N)cc(F)c1)c1cccs1. The first-order chi connectivity index (χ1) is 7.65. The van der Waals surface area contributed by atoms with Gasteiger partial charge in [0, 0.05) is 16.3 Å². The van der Waals surface area contributed by atoms with Crippen LogP contribution in [-0.2, 0) is 0 Å². The maximum Gasteiger partial charge on any atom is 0.127 e. The quantitative estimate of drug-likeness (QED) is 0.798. The van der Waals surface area contributed by atoms with Gasteiger partial charge in [0.15, 0.2) is 0 Å². The third kappa shape index (κ3) is 2.52. The maximum atomic E-state index is 13.1. The van der Waals surface area contributed by atoms with Crippen molar-refractivity contribution in [1.29, 1.82) is 0 Å². The molecule has 0 aliphatic heterocycles. The fourth-order valence-electron chi connectivity index (χ4n) is 1.55. The van der Waals surface area contributed by atoms with Gasteiger partial charge in [0.25, 0.3) is 0 Å². The Kier molecular flexibility index (Phi) is 3.10. The van der Waals surface area contributed by atoms with Crippen LogP contribution >= 0.6 is 11.3 Å². The second-order valence-electron chi connectivity index (χ2n) is 3.65. The summed E-state index contributed by atoms with van der Waals surface area (Å²) in [5, 5.41) is 5.24. The van der Waals surface area contributed by atoms with Crippen molar-refractivity contribution < 1.29 is 4.39 Å². The zero-order chi connectivity index (χ0) is 11.5. The minimum absolute atomic E-state index is 0.154. The number of halogens is 1. The van der Waals surface area contributed by atoms with Gasteiger partial charge in [0.1, 0.15) is 5.82 Å². The van der Waals surface area contributed by atoms with Crippen molar-refractivity contribution in [1.82, 2.24) is 0 Å². The Labute approximate surface area is 97.9 Å². The van der Waals surface area contributed by atoms with Crippen LogP contribution in [0.2, 0.25) is 0 Å². The van der Waals surface area contributed by atoms with Gasteiger partial charge in [-0.05, 0) is 36.6 Å². The van der Waals surface area contributed by atoms with E-state index in [1.54, 1.807) is 17.4 Å². The molecule has 1 atom stereocenters. The van der Waals surface area contributed by atoms with Crippen molar-refractivity contribution in [3.63, 3.8) is 0 Å². The van der Waals surface area contributed by atoms with Crippen molar-refractivity contribution in [3.05, 3.63) is 46.4 Å². The van der Waals surface area contributed by atoms with Gasteiger partial charge in [-0.25, -0.2) is 4.39 Å². The molecule has 0 aliphatic carbocycles. The van der Waals surface area contributed by atoms with E-state index in [1.807, 2.05) is 24.4 Å². The second-order valence-corrected chi connectivity index (χ2v) is 4.63. The number of hydrogen-bond acceptors (Lipinski definition) is 3. The van der Waals surface area contributed by atoms with E-state index in [4.69, 9.17) is 5.73 Å². The second kappa shape index (κ2) is 4.53. The smallest absolute Gasteiger partial charge is 0.127 e. The Morgan fingerprint density at radius 3 is 2.81 bits per heavy atom. The molecule has 1 unspecified atom stereocenters. The highest BCUT2D eigenvalue weighted by atomic mass is 32.1. The molecule has 84 valence electrons. The summed E-state index contributed by atoms with van der Waals surface area (Å²) in [4.78, 5) is 1.21. The molecular formula is C12H13FN2S. The van der Waals surface area contributed by atoms with Crippen LogP contribution in [0.5, 0.6) is 0 Å². The normalized spacial score (nSPS) is 12.4. The molecule has 0 aliphatic rings. The number of hydrogen-bond donors (Lipinski definition) is 2. The molecule has 3 N–H and O–H groups in total. The molecule has 2 rings (SSSR count). The zero-order valence-electron chi connectivity index (χ0n) is 8.91. The Morgan fingerprint density at radius 1 is 1.38 bits per heavy atom. The molecule has 1 aromatic carbocycles. The lowest BCUT2D eigenvalue weighted by Gasteiger charge is -2.14. The highest BCUT2D eigenvalue weighted by Gasteiger charge is 2.07. The van der Waals surface area contributed by atoms with E-state index < -0.39 is 0 Å². The summed E-state index contributed by atoms with van der Waals surface area (Å²) in [5.74, 6) is -0.319. The first-order valence-electron chi connectivity index (χ1n) is 5.01. The molecular weight excluding hydrogens is 223 g/mol.